The number of rotatable bonds is 5. The third kappa shape index (κ3) is 5.60. The van der Waals surface area contributed by atoms with Gasteiger partial charge in [0.25, 0.3) is 5.91 Å². The van der Waals surface area contributed by atoms with E-state index in [0.717, 1.165) is 31.6 Å². The monoisotopic (exact) mass is 468 g/mol. The van der Waals surface area contributed by atoms with Crippen molar-refractivity contribution in [1.29, 1.82) is 0 Å². The summed E-state index contributed by atoms with van der Waals surface area (Å²) in [6.07, 6.45) is 1.32. The first kappa shape index (κ1) is 26.1. The second-order valence-corrected chi connectivity index (χ2v) is 8.31. The van der Waals surface area contributed by atoms with Gasteiger partial charge in [-0.25, -0.2) is 0 Å². The van der Waals surface area contributed by atoms with Crippen molar-refractivity contribution in [3.05, 3.63) is 22.2 Å². The minimum absolute atomic E-state index is 0. The number of amides is 1. The van der Waals surface area contributed by atoms with Crippen LogP contribution in [0.2, 0.25) is 5.02 Å². The van der Waals surface area contributed by atoms with Gasteiger partial charge in [-0.3, -0.25) is 9.69 Å². The summed E-state index contributed by atoms with van der Waals surface area (Å²) in [4.78, 5) is 15.3. The summed E-state index contributed by atoms with van der Waals surface area (Å²) >= 11 is 6.28. The third-order valence-electron chi connectivity index (χ3n) is 5.31. The smallest absolute Gasteiger partial charge is 0.255 e. The molecule has 1 saturated heterocycles. The molecule has 1 aromatic carbocycles. The minimum atomic E-state index is -0.418. The number of nitrogen functional groups attached to an aromatic ring is 1. The Hall–Kier alpha value is -0.960. The molecule has 2 unspecified atom stereocenters. The first-order chi connectivity index (χ1) is 12.8. The summed E-state index contributed by atoms with van der Waals surface area (Å²) in [5.41, 5.74) is 13.1. The normalized spacial score (nSPS) is 22.7. The van der Waals surface area contributed by atoms with Crippen LogP contribution in [-0.4, -0.2) is 61.8 Å². The standard InChI is InChI=1S/C19H29ClN4O3.2ClH/c1-19(2)9-12-16(22)13(20)8-11(17(12)27-19)18(25)23-14-4-6-24(7-5-21)10-15(14)26-3;;/h8,14-15H,4-7,9-10,21-22H2,1-3H3,(H,23,25);2*1H. The zero-order chi connectivity index (χ0) is 19.8. The van der Waals surface area contributed by atoms with E-state index in [2.05, 4.69) is 10.2 Å². The summed E-state index contributed by atoms with van der Waals surface area (Å²) in [5, 5.41) is 3.48. The molecule has 0 aromatic heterocycles. The van der Waals surface area contributed by atoms with Gasteiger partial charge >= 0.3 is 0 Å². The summed E-state index contributed by atoms with van der Waals surface area (Å²) in [6.45, 7) is 6.97. The molecule has 0 bridgehead atoms. The van der Waals surface area contributed by atoms with Gasteiger partial charge in [-0.2, -0.15) is 0 Å². The van der Waals surface area contributed by atoms with Crippen LogP contribution in [0.5, 0.6) is 5.75 Å². The number of benzene rings is 1. The van der Waals surface area contributed by atoms with Crippen molar-refractivity contribution < 1.29 is 14.3 Å². The lowest BCUT2D eigenvalue weighted by atomic mass is 9.97. The van der Waals surface area contributed by atoms with Crippen molar-refractivity contribution in [2.24, 2.45) is 5.73 Å². The maximum atomic E-state index is 13.0. The lowest BCUT2D eigenvalue weighted by molar-refractivity contribution is 0.00731. The van der Waals surface area contributed by atoms with E-state index in [9.17, 15) is 4.79 Å². The quantitative estimate of drug-likeness (QED) is 0.572. The molecule has 2 heterocycles. The number of likely N-dealkylation sites (tertiary alicyclic amines) is 1. The Labute approximate surface area is 189 Å². The lowest BCUT2D eigenvalue weighted by Crippen LogP contribution is -2.55. The molecule has 2 aliphatic heterocycles. The van der Waals surface area contributed by atoms with Gasteiger partial charge in [-0.05, 0) is 26.3 Å². The van der Waals surface area contributed by atoms with E-state index >= 15 is 0 Å². The maximum Gasteiger partial charge on any atom is 0.255 e. The van der Waals surface area contributed by atoms with E-state index < -0.39 is 5.60 Å². The van der Waals surface area contributed by atoms with Crippen molar-refractivity contribution >= 4 is 48.0 Å². The van der Waals surface area contributed by atoms with Crippen LogP contribution in [0, 0.1) is 0 Å². The van der Waals surface area contributed by atoms with E-state index in [-0.39, 0.29) is 42.9 Å². The number of nitrogens with one attached hydrogen (secondary N) is 1. The number of carbonyl (C=O) groups is 1. The molecular formula is C19H31Cl3N4O3. The zero-order valence-electron chi connectivity index (χ0n) is 17.0. The molecular weight excluding hydrogens is 439 g/mol. The largest absolute Gasteiger partial charge is 0.486 e. The number of piperidine rings is 1. The highest BCUT2D eigenvalue weighted by Gasteiger charge is 2.37. The Kier molecular flexibility index (Phi) is 9.33. The number of nitrogens with zero attached hydrogens (tertiary/aromatic N) is 1. The molecule has 29 heavy (non-hydrogen) atoms. The predicted molar refractivity (Wildman–Crippen MR) is 121 cm³/mol. The second kappa shape index (κ2) is 10.4. The highest BCUT2D eigenvalue weighted by atomic mass is 35.5. The number of carbonyl (C=O) groups excluding carboxylic acids is 1. The topological polar surface area (TPSA) is 103 Å². The summed E-state index contributed by atoms with van der Waals surface area (Å²) in [5.74, 6) is 0.319. The Morgan fingerprint density at radius 1 is 1.45 bits per heavy atom. The molecule has 1 amide bonds. The van der Waals surface area contributed by atoms with Crippen LogP contribution in [-0.2, 0) is 11.2 Å². The Balaban J connectivity index is 0.00000210. The first-order valence-corrected chi connectivity index (χ1v) is 9.69. The van der Waals surface area contributed by atoms with Gasteiger partial charge in [0.05, 0.1) is 28.4 Å². The second-order valence-electron chi connectivity index (χ2n) is 7.90. The van der Waals surface area contributed by atoms with Crippen LogP contribution in [0.3, 0.4) is 0 Å². The fourth-order valence-corrected chi connectivity index (χ4v) is 4.14. The van der Waals surface area contributed by atoms with Crippen LogP contribution >= 0.6 is 36.4 Å². The molecule has 166 valence electrons. The van der Waals surface area contributed by atoms with Crippen molar-refractivity contribution in [2.45, 2.75) is 44.4 Å². The van der Waals surface area contributed by atoms with Gasteiger partial charge in [-0.15, -0.1) is 24.8 Å². The number of hydrogen-bond donors (Lipinski definition) is 3. The predicted octanol–water partition coefficient (Wildman–Crippen LogP) is 2.26. The maximum absolute atomic E-state index is 13.0. The lowest BCUT2D eigenvalue weighted by Gasteiger charge is -2.38. The Morgan fingerprint density at radius 3 is 2.76 bits per heavy atom. The van der Waals surface area contributed by atoms with Crippen LogP contribution in [0.15, 0.2) is 6.07 Å². The highest BCUT2D eigenvalue weighted by molar-refractivity contribution is 6.33. The minimum Gasteiger partial charge on any atom is -0.486 e. The van der Waals surface area contributed by atoms with Crippen LogP contribution < -0.4 is 21.5 Å². The van der Waals surface area contributed by atoms with E-state index in [4.69, 9.17) is 32.5 Å². The molecule has 1 fully saturated rings. The zero-order valence-corrected chi connectivity index (χ0v) is 19.4. The number of fused-ring (bicyclic) bond motifs is 1. The first-order valence-electron chi connectivity index (χ1n) is 9.31. The van der Waals surface area contributed by atoms with E-state index in [1.54, 1.807) is 13.2 Å². The van der Waals surface area contributed by atoms with Gasteiger partial charge in [0.1, 0.15) is 11.4 Å². The van der Waals surface area contributed by atoms with E-state index in [1.807, 2.05) is 13.8 Å². The van der Waals surface area contributed by atoms with Crippen LogP contribution in [0.4, 0.5) is 5.69 Å². The average molecular weight is 470 g/mol. The number of nitrogens with two attached hydrogens (primary N) is 2. The summed E-state index contributed by atoms with van der Waals surface area (Å²) < 4.78 is 11.6. The van der Waals surface area contributed by atoms with Gasteiger partial charge in [0.2, 0.25) is 0 Å². The Bertz CT molecular complexity index is 733. The molecule has 0 spiro atoms. The number of anilines is 1. The summed E-state index contributed by atoms with van der Waals surface area (Å²) in [7, 11) is 1.67. The summed E-state index contributed by atoms with van der Waals surface area (Å²) in [6, 6.07) is 1.51. The third-order valence-corrected chi connectivity index (χ3v) is 5.62. The van der Waals surface area contributed by atoms with Crippen molar-refractivity contribution in [1.82, 2.24) is 10.2 Å². The van der Waals surface area contributed by atoms with Crippen LogP contribution in [0.1, 0.15) is 36.2 Å². The van der Waals surface area contributed by atoms with Crippen molar-refractivity contribution in [3.63, 3.8) is 0 Å². The van der Waals surface area contributed by atoms with Crippen molar-refractivity contribution in [3.8, 4) is 5.75 Å². The molecule has 2 atom stereocenters. The molecule has 5 N–H and O–H groups in total. The fourth-order valence-electron chi connectivity index (χ4n) is 3.91. The number of ether oxygens (including phenoxy) is 2. The van der Waals surface area contributed by atoms with Gasteiger partial charge in [0, 0.05) is 45.3 Å². The van der Waals surface area contributed by atoms with Gasteiger partial charge in [0.15, 0.2) is 0 Å². The highest BCUT2D eigenvalue weighted by Crippen LogP contribution is 2.44. The van der Waals surface area contributed by atoms with E-state index in [0.29, 0.717) is 35.0 Å². The van der Waals surface area contributed by atoms with Crippen LogP contribution in [0.25, 0.3) is 0 Å². The SMILES string of the molecule is COC1CN(CCN)CCC1NC(=O)c1cc(Cl)c(N)c2c1OC(C)(C)C2.Cl.Cl. The molecule has 1 aromatic rings. The van der Waals surface area contributed by atoms with Gasteiger partial charge < -0.3 is 26.3 Å². The number of hydrogen-bond acceptors (Lipinski definition) is 6. The molecule has 0 radical (unpaired) electrons. The van der Waals surface area contributed by atoms with Gasteiger partial charge in [-0.1, -0.05) is 11.6 Å². The van der Waals surface area contributed by atoms with Crippen molar-refractivity contribution in [2.75, 3.05) is 39.0 Å². The number of methoxy groups -OCH3 is 1. The fraction of sp³-hybridized carbons (Fsp3) is 0.632. The molecule has 0 saturated carbocycles. The Morgan fingerprint density at radius 2 is 2.14 bits per heavy atom. The van der Waals surface area contributed by atoms with E-state index in [1.165, 1.54) is 0 Å². The average Bonchev–Trinajstić information content (AvgIpc) is 2.95. The molecule has 2 aliphatic rings. The molecule has 3 rings (SSSR count). The molecule has 10 heteroatoms. The molecule has 7 nitrogen and oxygen atoms in total. The molecule has 0 aliphatic carbocycles. The number of halogens is 3.